The molecule has 0 radical (unpaired) electrons. The van der Waals surface area contributed by atoms with E-state index in [-0.39, 0.29) is 0 Å². The van der Waals surface area contributed by atoms with E-state index in [0.717, 1.165) is 5.02 Å². The van der Waals surface area contributed by atoms with E-state index in [2.05, 4.69) is 35.3 Å². The molecule has 1 aromatic carbocycles. The number of likely N-dealkylation sites (tertiary alicyclic amines) is 1. The van der Waals surface area contributed by atoms with Gasteiger partial charge in [-0.3, -0.25) is 0 Å². The molecule has 25 heavy (non-hydrogen) atoms. The van der Waals surface area contributed by atoms with Gasteiger partial charge in [0.05, 0.1) is 0 Å². The first-order valence-electron chi connectivity index (χ1n) is 10.2. The highest BCUT2D eigenvalue weighted by atomic mass is 35.5. The smallest absolute Gasteiger partial charge is 0.0406 e. The molecule has 1 aromatic rings. The monoisotopic (exact) mass is 359 g/mol. The topological polar surface area (TPSA) is 3.24 Å². The molecule has 0 amide bonds. The number of hydrogen-bond donors (Lipinski definition) is 0. The van der Waals surface area contributed by atoms with Crippen molar-refractivity contribution in [1.29, 1.82) is 0 Å². The number of nitrogens with zero attached hydrogens (tertiary/aromatic N) is 1. The van der Waals surface area contributed by atoms with E-state index < -0.39 is 0 Å². The summed E-state index contributed by atoms with van der Waals surface area (Å²) < 4.78 is 0. The Hall–Kier alpha value is -1.05. The van der Waals surface area contributed by atoms with Crippen molar-refractivity contribution in [2.45, 2.75) is 64.7 Å². The molecule has 0 spiro atoms. The zero-order valence-corrected chi connectivity index (χ0v) is 16.8. The first-order chi connectivity index (χ1) is 12.3. The minimum absolute atomic E-state index is 0.566. The maximum absolute atomic E-state index is 6.07. The highest BCUT2D eigenvalue weighted by molar-refractivity contribution is 6.30. The molecule has 0 N–H and O–H groups in total. The van der Waals surface area contributed by atoms with Crippen molar-refractivity contribution in [3.05, 3.63) is 58.7 Å². The summed E-state index contributed by atoms with van der Waals surface area (Å²) in [5, 5.41) is 0.832. The summed E-state index contributed by atoms with van der Waals surface area (Å²) in [6, 6.07) is 8.50. The molecule has 3 rings (SSSR count). The molecule has 1 nitrogen and oxygen atoms in total. The van der Waals surface area contributed by atoms with Crippen LogP contribution in [0.1, 0.15) is 70.3 Å². The van der Waals surface area contributed by atoms with Crippen LogP contribution in [0, 0.1) is 0 Å². The fraction of sp³-hybridized carbons (Fsp3) is 0.565. The SMILES string of the molecule is CC.Clc1ccc(C(CCCCN2CCCC2)C2=CC=CCC2)cc1. The second-order valence-corrected chi connectivity index (χ2v) is 7.29. The van der Waals surface area contributed by atoms with Crippen LogP contribution in [0.3, 0.4) is 0 Å². The van der Waals surface area contributed by atoms with Gasteiger partial charge in [0.25, 0.3) is 0 Å². The molecule has 1 heterocycles. The molecular formula is C23H34ClN. The van der Waals surface area contributed by atoms with Crippen LogP contribution in [-0.4, -0.2) is 24.5 Å². The van der Waals surface area contributed by atoms with Crippen molar-refractivity contribution in [3.63, 3.8) is 0 Å². The Labute approximate surface area is 159 Å². The minimum Gasteiger partial charge on any atom is -0.303 e. The van der Waals surface area contributed by atoms with Crippen molar-refractivity contribution in [1.82, 2.24) is 4.90 Å². The average molecular weight is 360 g/mol. The van der Waals surface area contributed by atoms with Crippen LogP contribution >= 0.6 is 11.6 Å². The molecule has 0 bridgehead atoms. The summed E-state index contributed by atoms with van der Waals surface area (Å²) in [6.07, 6.45) is 15.9. The maximum atomic E-state index is 6.07. The molecule has 138 valence electrons. The van der Waals surface area contributed by atoms with Crippen LogP contribution in [-0.2, 0) is 0 Å². The first kappa shape index (κ1) is 20.3. The largest absolute Gasteiger partial charge is 0.303 e. The quantitative estimate of drug-likeness (QED) is 0.474. The summed E-state index contributed by atoms with van der Waals surface area (Å²) in [5.74, 6) is 0.566. The lowest BCUT2D eigenvalue weighted by Gasteiger charge is -2.23. The van der Waals surface area contributed by atoms with E-state index in [1.165, 1.54) is 70.1 Å². The summed E-state index contributed by atoms with van der Waals surface area (Å²) in [5.41, 5.74) is 3.02. The van der Waals surface area contributed by atoms with Gasteiger partial charge in [0.15, 0.2) is 0 Å². The predicted octanol–water partition coefficient (Wildman–Crippen LogP) is 6.99. The number of benzene rings is 1. The van der Waals surface area contributed by atoms with Gasteiger partial charge in [-0.05, 0) is 75.9 Å². The Bertz CT molecular complexity index is 538. The molecule has 0 saturated carbocycles. The molecular weight excluding hydrogens is 326 g/mol. The molecule has 1 aliphatic heterocycles. The zero-order chi connectivity index (χ0) is 17.9. The fourth-order valence-corrected chi connectivity index (χ4v) is 3.99. The van der Waals surface area contributed by atoms with Gasteiger partial charge in [-0.1, -0.05) is 67.8 Å². The van der Waals surface area contributed by atoms with E-state index in [9.17, 15) is 0 Å². The van der Waals surface area contributed by atoms with Crippen LogP contribution in [0.15, 0.2) is 48.1 Å². The van der Waals surface area contributed by atoms with Crippen molar-refractivity contribution in [3.8, 4) is 0 Å². The van der Waals surface area contributed by atoms with E-state index in [4.69, 9.17) is 11.6 Å². The fourth-order valence-electron chi connectivity index (χ4n) is 3.86. The molecule has 1 aliphatic carbocycles. The lowest BCUT2D eigenvalue weighted by Crippen LogP contribution is -2.20. The molecule has 2 aliphatic rings. The maximum Gasteiger partial charge on any atom is 0.0406 e. The molecule has 2 heteroatoms. The Kier molecular flexibility index (Phi) is 9.36. The van der Waals surface area contributed by atoms with Gasteiger partial charge in [-0.15, -0.1) is 0 Å². The molecule has 1 atom stereocenters. The second kappa shape index (κ2) is 11.5. The Morgan fingerprint density at radius 3 is 2.40 bits per heavy atom. The summed E-state index contributed by atoms with van der Waals surface area (Å²) in [6.45, 7) is 7.92. The Balaban J connectivity index is 0.00000109. The first-order valence-corrected chi connectivity index (χ1v) is 10.5. The summed E-state index contributed by atoms with van der Waals surface area (Å²) >= 11 is 6.07. The molecule has 0 aromatic heterocycles. The average Bonchev–Trinajstić information content (AvgIpc) is 3.19. The van der Waals surface area contributed by atoms with Gasteiger partial charge in [-0.2, -0.15) is 0 Å². The van der Waals surface area contributed by atoms with E-state index in [1.54, 1.807) is 5.57 Å². The zero-order valence-electron chi connectivity index (χ0n) is 16.0. The molecule has 1 fully saturated rings. The van der Waals surface area contributed by atoms with Gasteiger partial charge < -0.3 is 4.90 Å². The Morgan fingerprint density at radius 1 is 1.04 bits per heavy atom. The van der Waals surface area contributed by atoms with Gasteiger partial charge in [0.1, 0.15) is 0 Å². The second-order valence-electron chi connectivity index (χ2n) is 6.86. The van der Waals surface area contributed by atoms with Gasteiger partial charge in [0.2, 0.25) is 0 Å². The standard InChI is InChI=1S/C21H28ClN.C2H6/c22-20-13-11-19(12-14-20)21(18-8-2-1-3-9-18)10-4-5-15-23-16-6-7-17-23;1-2/h1-2,8,11-14,21H,3-7,9-10,15-17H2;1-2H3. The highest BCUT2D eigenvalue weighted by Gasteiger charge is 2.17. The predicted molar refractivity (Wildman–Crippen MR) is 112 cm³/mol. The van der Waals surface area contributed by atoms with Crippen molar-refractivity contribution < 1.29 is 0 Å². The molecule has 1 unspecified atom stereocenters. The summed E-state index contributed by atoms with van der Waals surface area (Å²) in [4.78, 5) is 2.62. The molecule has 1 saturated heterocycles. The van der Waals surface area contributed by atoms with Gasteiger partial charge in [-0.25, -0.2) is 0 Å². The number of rotatable bonds is 7. The van der Waals surface area contributed by atoms with E-state index in [1.807, 2.05) is 26.0 Å². The normalized spacial score (nSPS) is 18.4. The number of halogens is 1. The summed E-state index contributed by atoms with van der Waals surface area (Å²) in [7, 11) is 0. The number of allylic oxidation sites excluding steroid dienone is 4. The van der Waals surface area contributed by atoms with Gasteiger partial charge >= 0.3 is 0 Å². The van der Waals surface area contributed by atoms with Crippen LogP contribution in [0.5, 0.6) is 0 Å². The number of hydrogen-bond acceptors (Lipinski definition) is 1. The van der Waals surface area contributed by atoms with Crippen LogP contribution in [0.25, 0.3) is 0 Å². The third-order valence-corrected chi connectivity index (χ3v) is 5.43. The van der Waals surface area contributed by atoms with Crippen molar-refractivity contribution in [2.24, 2.45) is 0 Å². The van der Waals surface area contributed by atoms with Crippen LogP contribution in [0.2, 0.25) is 5.02 Å². The lowest BCUT2D eigenvalue weighted by molar-refractivity contribution is 0.327. The lowest BCUT2D eigenvalue weighted by atomic mass is 9.83. The highest BCUT2D eigenvalue weighted by Crippen LogP contribution is 2.34. The Morgan fingerprint density at radius 2 is 1.76 bits per heavy atom. The van der Waals surface area contributed by atoms with Crippen molar-refractivity contribution in [2.75, 3.05) is 19.6 Å². The number of unbranched alkanes of at least 4 members (excludes halogenated alkanes) is 1. The van der Waals surface area contributed by atoms with Crippen molar-refractivity contribution >= 4 is 11.6 Å². The van der Waals surface area contributed by atoms with E-state index >= 15 is 0 Å². The van der Waals surface area contributed by atoms with Crippen LogP contribution in [0.4, 0.5) is 0 Å². The third-order valence-electron chi connectivity index (χ3n) is 5.18. The third kappa shape index (κ3) is 6.64. The minimum atomic E-state index is 0.566. The van der Waals surface area contributed by atoms with Crippen LogP contribution < -0.4 is 0 Å². The van der Waals surface area contributed by atoms with E-state index in [0.29, 0.717) is 5.92 Å². The van der Waals surface area contributed by atoms with Gasteiger partial charge in [0, 0.05) is 10.9 Å².